The molecule has 132 valence electrons. The molecule has 0 N–H and O–H groups in total. The summed E-state index contributed by atoms with van der Waals surface area (Å²) in [6.07, 6.45) is 2.58. The van der Waals surface area contributed by atoms with Gasteiger partial charge >= 0.3 is 0 Å². The molecule has 0 unspecified atom stereocenters. The molecule has 3 heteroatoms. The van der Waals surface area contributed by atoms with Crippen LogP contribution in [0.15, 0.2) is 47.0 Å². The number of benzene rings is 1. The molecular formula is C23H25N2O+. The topological polar surface area (TPSA) is 29.9 Å². The van der Waals surface area contributed by atoms with E-state index in [0.717, 1.165) is 45.3 Å². The van der Waals surface area contributed by atoms with Gasteiger partial charge in [0.2, 0.25) is 11.4 Å². The average Bonchev–Trinajstić information content (AvgIpc) is 2.98. The summed E-state index contributed by atoms with van der Waals surface area (Å²) in [4.78, 5) is 4.74. The van der Waals surface area contributed by atoms with Crippen molar-refractivity contribution in [1.29, 1.82) is 0 Å². The van der Waals surface area contributed by atoms with Gasteiger partial charge in [0.05, 0.1) is 5.56 Å². The summed E-state index contributed by atoms with van der Waals surface area (Å²) in [5, 5.41) is 2.01. The third-order valence-corrected chi connectivity index (χ3v) is 4.78. The molecule has 0 bridgehead atoms. The molecule has 3 nitrogen and oxygen atoms in total. The Hall–Kier alpha value is -2.68. The Bertz CT molecular complexity index is 1220. The number of hydrogen-bond acceptors (Lipinski definition) is 2. The summed E-state index contributed by atoms with van der Waals surface area (Å²) >= 11 is 0. The van der Waals surface area contributed by atoms with Gasteiger partial charge in [-0.05, 0) is 49.9 Å². The molecule has 0 spiro atoms. The third kappa shape index (κ3) is 2.78. The van der Waals surface area contributed by atoms with Crippen molar-refractivity contribution in [2.45, 2.75) is 34.0 Å². The van der Waals surface area contributed by atoms with Crippen molar-refractivity contribution in [1.82, 2.24) is 4.98 Å². The van der Waals surface area contributed by atoms with E-state index in [1.54, 1.807) is 12.3 Å². The predicted molar refractivity (Wildman–Crippen MR) is 106 cm³/mol. The molecule has 0 fully saturated rings. The third-order valence-electron chi connectivity index (χ3n) is 4.78. The highest BCUT2D eigenvalue weighted by Crippen LogP contribution is 2.36. The highest BCUT2D eigenvalue weighted by Gasteiger charge is 2.21. The fraction of sp³-hybridized carbons (Fsp3) is 0.304. The number of hydrogen-bond donors (Lipinski definition) is 0. The van der Waals surface area contributed by atoms with Crippen molar-refractivity contribution in [2.75, 3.05) is 0 Å². The van der Waals surface area contributed by atoms with Crippen molar-refractivity contribution in [3.05, 3.63) is 59.4 Å². The summed E-state index contributed by atoms with van der Waals surface area (Å²) in [5.74, 6) is 0.526. The Morgan fingerprint density at radius 3 is 2.65 bits per heavy atom. The van der Waals surface area contributed by atoms with Gasteiger partial charge in [-0.25, -0.2) is 9.55 Å². The number of nitrogens with zero attached hydrogens (tertiary/aromatic N) is 2. The zero-order valence-electron chi connectivity index (χ0n) is 18.6. The van der Waals surface area contributed by atoms with Crippen LogP contribution in [0.5, 0.6) is 0 Å². The second-order valence-electron chi connectivity index (χ2n) is 7.40. The zero-order chi connectivity index (χ0) is 20.9. The van der Waals surface area contributed by atoms with Gasteiger partial charge in [-0.3, -0.25) is 0 Å². The summed E-state index contributed by atoms with van der Waals surface area (Å²) in [6.45, 7) is 4.26. The lowest BCUT2D eigenvalue weighted by Crippen LogP contribution is -2.31. The van der Waals surface area contributed by atoms with E-state index in [9.17, 15) is 0 Å². The Morgan fingerprint density at radius 2 is 1.92 bits per heavy atom. The van der Waals surface area contributed by atoms with Crippen molar-refractivity contribution in [3.8, 4) is 11.3 Å². The van der Waals surface area contributed by atoms with E-state index in [1.807, 2.05) is 24.6 Å². The van der Waals surface area contributed by atoms with E-state index in [0.29, 0.717) is 17.2 Å². The number of rotatable bonds is 3. The molecule has 3 heterocycles. The molecule has 26 heavy (non-hydrogen) atoms. The summed E-state index contributed by atoms with van der Waals surface area (Å²) < 4.78 is 31.1. The van der Waals surface area contributed by atoms with Crippen molar-refractivity contribution in [3.63, 3.8) is 0 Å². The Balaban J connectivity index is 1.94. The first-order valence-corrected chi connectivity index (χ1v) is 8.97. The lowest BCUT2D eigenvalue weighted by atomic mass is 10.0. The number of aromatic nitrogens is 2. The maximum atomic E-state index is 7.65. The van der Waals surface area contributed by atoms with Crippen molar-refractivity contribution < 1.29 is 13.1 Å². The first-order valence-electron chi connectivity index (χ1n) is 10.5. The Morgan fingerprint density at radius 1 is 1.12 bits per heavy atom. The molecule has 0 aliphatic rings. The fourth-order valence-electron chi connectivity index (χ4n) is 3.57. The van der Waals surface area contributed by atoms with E-state index < -0.39 is 6.85 Å². The summed E-state index contributed by atoms with van der Waals surface area (Å²) in [7, 11) is 1.87. The van der Waals surface area contributed by atoms with Gasteiger partial charge in [0, 0.05) is 32.2 Å². The molecule has 0 atom stereocenters. The van der Waals surface area contributed by atoms with E-state index in [2.05, 4.69) is 38.1 Å². The lowest BCUT2D eigenvalue weighted by molar-refractivity contribution is -0.660. The smallest absolute Gasteiger partial charge is 0.227 e. The molecule has 0 amide bonds. The maximum Gasteiger partial charge on any atom is 0.227 e. The summed E-state index contributed by atoms with van der Waals surface area (Å²) in [6, 6.07) is 11.8. The minimum Gasteiger partial charge on any atom is -0.437 e. The molecule has 3 aromatic heterocycles. The zero-order valence-corrected chi connectivity index (χ0v) is 15.6. The van der Waals surface area contributed by atoms with Crippen LogP contribution in [0.3, 0.4) is 0 Å². The van der Waals surface area contributed by atoms with Crippen LogP contribution in [0, 0.1) is 19.7 Å². The molecule has 0 saturated heterocycles. The van der Waals surface area contributed by atoms with E-state index >= 15 is 0 Å². The van der Waals surface area contributed by atoms with Gasteiger partial charge in [0.1, 0.15) is 7.05 Å². The van der Waals surface area contributed by atoms with Crippen LogP contribution in [0.2, 0.25) is 0 Å². The number of furan rings is 1. The van der Waals surface area contributed by atoms with E-state index in [4.69, 9.17) is 13.5 Å². The first-order chi connectivity index (χ1) is 13.6. The van der Waals surface area contributed by atoms with E-state index in [1.165, 1.54) is 0 Å². The quantitative estimate of drug-likeness (QED) is 0.471. The van der Waals surface area contributed by atoms with Crippen LogP contribution in [0.4, 0.5) is 0 Å². The normalized spacial score (nSPS) is 14.0. The average molecular weight is 348 g/mol. The predicted octanol–water partition coefficient (Wildman–Crippen LogP) is 5.29. The minimum atomic E-state index is -2.13. The molecule has 0 aliphatic carbocycles. The van der Waals surface area contributed by atoms with Crippen LogP contribution in [-0.4, -0.2) is 4.98 Å². The molecule has 4 rings (SSSR count). The van der Waals surface area contributed by atoms with Crippen molar-refractivity contribution >= 4 is 22.1 Å². The standard InChI is InChI=1S/C23H25N2O/c1-14(2)12-17-8-10-19-18-9-7-16(4)21(22(18)26-23(19)24-17)20-11-6-15(3)13-25(20)5/h6-11,13-14H,12H2,1-5H3/q+1/i3D3. The lowest BCUT2D eigenvalue weighted by Gasteiger charge is -2.05. The second-order valence-corrected chi connectivity index (χ2v) is 7.40. The van der Waals surface area contributed by atoms with Gasteiger partial charge in [-0.2, -0.15) is 0 Å². The van der Waals surface area contributed by atoms with Gasteiger partial charge in [-0.1, -0.05) is 26.0 Å². The van der Waals surface area contributed by atoms with Crippen LogP contribution in [-0.2, 0) is 13.5 Å². The van der Waals surface area contributed by atoms with Crippen molar-refractivity contribution in [2.24, 2.45) is 13.0 Å². The Kier molecular flexibility index (Phi) is 3.24. The van der Waals surface area contributed by atoms with Crippen LogP contribution in [0.1, 0.15) is 34.8 Å². The number of pyridine rings is 2. The highest BCUT2D eigenvalue weighted by molar-refractivity contribution is 6.08. The molecule has 4 aromatic rings. The minimum absolute atomic E-state index is 0.318. The number of fused-ring (bicyclic) bond motifs is 3. The van der Waals surface area contributed by atoms with Crippen LogP contribution >= 0.6 is 0 Å². The highest BCUT2D eigenvalue weighted by atomic mass is 16.3. The largest absolute Gasteiger partial charge is 0.437 e. The monoisotopic (exact) mass is 348 g/mol. The number of aryl methyl sites for hydroxylation is 3. The maximum absolute atomic E-state index is 7.65. The van der Waals surface area contributed by atoms with Gasteiger partial charge in [-0.15, -0.1) is 0 Å². The summed E-state index contributed by atoms with van der Waals surface area (Å²) in [5.41, 5.74) is 5.71. The van der Waals surface area contributed by atoms with Gasteiger partial charge in [0.15, 0.2) is 11.8 Å². The van der Waals surface area contributed by atoms with Gasteiger partial charge < -0.3 is 4.42 Å². The molecule has 0 saturated carbocycles. The fourth-order valence-corrected chi connectivity index (χ4v) is 3.57. The van der Waals surface area contributed by atoms with Gasteiger partial charge in [0.25, 0.3) is 0 Å². The molecule has 1 aromatic carbocycles. The van der Waals surface area contributed by atoms with Crippen LogP contribution in [0.25, 0.3) is 33.3 Å². The SMILES string of the molecule is [2H]C([2H])([2H])c1ccc(-c2c(C)ccc3c2oc2nc(CC(C)C)ccc23)[n+](C)c1. The molecular weight excluding hydrogens is 320 g/mol. The Labute approximate surface area is 158 Å². The molecule has 0 radical (unpaired) electrons. The van der Waals surface area contributed by atoms with Crippen LogP contribution < -0.4 is 4.57 Å². The first kappa shape index (κ1) is 13.5. The second kappa shape index (κ2) is 6.24. The molecule has 0 aliphatic heterocycles. The van der Waals surface area contributed by atoms with E-state index in [-0.39, 0.29) is 0 Å².